The molecule has 0 amide bonds. The normalized spacial score (nSPS) is 12.3. The number of aromatic nitrogens is 2. The molecule has 0 aliphatic heterocycles. The number of ether oxygens (including phenoxy) is 1. The van der Waals surface area contributed by atoms with E-state index >= 15 is 0 Å². The minimum Gasteiger partial charge on any atom is -0.457 e. The highest BCUT2D eigenvalue weighted by atomic mass is 32.2. The van der Waals surface area contributed by atoms with Gasteiger partial charge in [0.25, 0.3) is 0 Å². The molecule has 4 rings (SSSR count). The van der Waals surface area contributed by atoms with Gasteiger partial charge in [-0.1, -0.05) is 25.1 Å². The summed E-state index contributed by atoms with van der Waals surface area (Å²) in [7, 11) is -3.39. The third-order valence-corrected chi connectivity index (χ3v) is 6.05. The first kappa shape index (κ1) is 21.9. The van der Waals surface area contributed by atoms with Crippen LogP contribution in [0.3, 0.4) is 0 Å². The summed E-state index contributed by atoms with van der Waals surface area (Å²) < 4.78 is 71.3. The minimum atomic E-state index is -4.52. The Morgan fingerprint density at radius 2 is 1.69 bits per heavy atom. The summed E-state index contributed by atoms with van der Waals surface area (Å²) in [5.41, 5.74) is 0.747. The minimum absolute atomic E-state index is 0.126. The first-order chi connectivity index (χ1) is 15.1. The smallest absolute Gasteiger partial charge is 0.419 e. The van der Waals surface area contributed by atoms with Gasteiger partial charge >= 0.3 is 6.18 Å². The Hall–Kier alpha value is -3.33. The number of benzene rings is 2. The van der Waals surface area contributed by atoms with E-state index in [0.29, 0.717) is 34.9 Å². The predicted molar refractivity (Wildman–Crippen MR) is 115 cm³/mol. The highest BCUT2D eigenvalue weighted by molar-refractivity contribution is 7.90. The second-order valence-corrected chi connectivity index (χ2v) is 9.27. The molecule has 0 aliphatic carbocycles. The predicted octanol–water partition coefficient (Wildman–Crippen LogP) is 5.78. The molecule has 2 aromatic carbocycles. The molecule has 9 heteroatoms. The Balaban J connectivity index is 1.79. The lowest BCUT2D eigenvalue weighted by molar-refractivity contribution is -0.136. The number of sulfone groups is 1. The SMILES string of the molecule is CCc1nc2c(C(F)(F)F)cccn2c1-c1cccc(Oc2cccc(S(C)(=O)=O)c2)c1. The summed E-state index contributed by atoms with van der Waals surface area (Å²) in [6.45, 7) is 1.83. The van der Waals surface area contributed by atoms with Gasteiger partial charge in [-0.3, -0.25) is 4.40 Å². The summed E-state index contributed by atoms with van der Waals surface area (Å²) in [5, 5.41) is 0. The largest absolute Gasteiger partial charge is 0.457 e. The Labute approximate surface area is 183 Å². The third-order valence-electron chi connectivity index (χ3n) is 4.94. The summed E-state index contributed by atoms with van der Waals surface area (Å²) in [6.07, 6.45) is -1.42. The molecule has 0 saturated heterocycles. The highest BCUT2D eigenvalue weighted by Gasteiger charge is 2.34. The van der Waals surface area contributed by atoms with Gasteiger partial charge in [0.1, 0.15) is 17.1 Å². The van der Waals surface area contributed by atoms with E-state index in [1.54, 1.807) is 42.6 Å². The zero-order valence-electron chi connectivity index (χ0n) is 17.2. The van der Waals surface area contributed by atoms with Gasteiger partial charge in [-0.25, -0.2) is 13.4 Å². The first-order valence-corrected chi connectivity index (χ1v) is 11.6. The second-order valence-electron chi connectivity index (χ2n) is 7.25. The molecule has 0 unspecified atom stereocenters. The van der Waals surface area contributed by atoms with E-state index in [0.717, 1.165) is 12.3 Å². The summed E-state index contributed by atoms with van der Waals surface area (Å²) in [6, 6.07) is 15.3. The van der Waals surface area contributed by atoms with Crippen LogP contribution in [0.5, 0.6) is 11.5 Å². The van der Waals surface area contributed by atoms with Crippen molar-refractivity contribution in [3.05, 3.63) is 78.1 Å². The molecule has 5 nitrogen and oxygen atoms in total. The third kappa shape index (κ3) is 4.20. The molecule has 2 aromatic heterocycles. The van der Waals surface area contributed by atoms with E-state index in [-0.39, 0.29) is 10.5 Å². The van der Waals surface area contributed by atoms with Gasteiger partial charge in [-0.2, -0.15) is 13.2 Å². The average Bonchev–Trinajstić information content (AvgIpc) is 3.11. The Bertz CT molecular complexity index is 1410. The van der Waals surface area contributed by atoms with E-state index in [1.807, 2.05) is 6.92 Å². The second kappa shape index (κ2) is 7.98. The topological polar surface area (TPSA) is 60.7 Å². The highest BCUT2D eigenvalue weighted by Crippen LogP contribution is 2.36. The van der Waals surface area contributed by atoms with Crippen LogP contribution >= 0.6 is 0 Å². The number of pyridine rings is 1. The number of halogens is 3. The molecule has 0 radical (unpaired) electrons. The van der Waals surface area contributed by atoms with E-state index in [1.165, 1.54) is 22.6 Å². The fourth-order valence-electron chi connectivity index (χ4n) is 3.50. The van der Waals surface area contributed by atoms with E-state index in [9.17, 15) is 21.6 Å². The molecule has 0 N–H and O–H groups in total. The number of hydrogen-bond donors (Lipinski definition) is 0. The van der Waals surface area contributed by atoms with E-state index in [4.69, 9.17) is 4.74 Å². The van der Waals surface area contributed by atoms with Crippen molar-refractivity contribution in [2.45, 2.75) is 24.4 Å². The molecule has 4 aromatic rings. The lowest BCUT2D eigenvalue weighted by atomic mass is 10.1. The number of nitrogens with zero attached hydrogens (tertiary/aromatic N) is 2. The number of imidazole rings is 1. The van der Waals surface area contributed by atoms with Crippen LogP contribution in [0, 0.1) is 0 Å². The van der Waals surface area contributed by atoms with Crippen LogP contribution in [0.25, 0.3) is 16.9 Å². The molecular weight excluding hydrogens is 441 g/mol. The maximum atomic E-state index is 13.5. The molecule has 32 heavy (non-hydrogen) atoms. The number of rotatable bonds is 5. The van der Waals surface area contributed by atoms with Crippen LogP contribution in [0.2, 0.25) is 0 Å². The van der Waals surface area contributed by atoms with Crippen molar-refractivity contribution in [3.63, 3.8) is 0 Å². The van der Waals surface area contributed by atoms with Gasteiger partial charge in [-0.05, 0) is 48.9 Å². The van der Waals surface area contributed by atoms with Crippen LogP contribution < -0.4 is 4.74 Å². The fraction of sp³-hybridized carbons (Fsp3) is 0.174. The Morgan fingerprint density at radius 3 is 2.34 bits per heavy atom. The monoisotopic (exact) mass is 460 g/mol. The summed E-state index contributed by atoms with van der Waals surface area (Å²) >= 11 is 0. The molecule has 166 valence electrons. The Kier molecular flexibility index (Phi) is 5.46. The molecular formula is C23H19F3N2O3S. The molecule has 0 fully saturated rings. The lowest BCUT2D eigenvalue weighted by Gasteiger charge is -2.11. The van der Waals surface area contributed by atoms with Crippen molar-refractivity contribution in [2.24, 2.45) is 0 Å². The lowest BCUT2D eigenvalue weighted by Crippen LogP contribution is -2.07. The zero-order chi connectivity index (χ0) is 23.1. The number of fused-ring (bicyclic) bond motifs is 1. The number of aryl methyl sites for hydroxylation is 1. The molecule has 0 spiro atoms. The van der Waals surface area contributed by atoms with Gasteiger partial charge in [0.2, 0.25) is 0 Å². The maximum absolute atomic E-state index is 13.5. The molecule has 0 aliphatic rings. The van der Waals surface area contributed by atoms with Crippen molar-refractivity contribution >= 4 is 15.5 Å². The fourth-order valence-corrected chi connectivity index (χ4v) is 4.16. The molecule has 0 bridgehead atoms. The number of hydrogen-bond acceptors (Lipinski definition) is 4. The number of alkyl halides is 3. The standard InChI is InChI=1S/C23H19F3N2O3S/c1-3-20-21(28-12-6-11-19(22(28)27-20)23(24,25)26)15-7-4-8-16(13-15)31-17-9-5-10-18(14-17)32(2,29)30/h4-14H,3H2,1-2H3. The van der Waals surface area contributed by atoms with Crippen molar-refractivity contribution in [1.29, 1.82) is 0 Å². The van der Waals surface area contributed by atoms with Gasteiger partial charge < -0.3 is 4.74 Å². The van der Waals surface area contributed by atoms with Crippen LogP contribution in [-0.4, -0.2) is 24.1 Å². The zero-order valence-corrected chi connectivity index (χ0v) is 18.0. The Morgan fingerprint density at radius 1 is 1.00 bits per heavy atom. The van der Waals surface area contributed by atoms with Crippen molar-refractivity contribution in [1.82, 2.24) is 9.38 Å². The molecule has 2 heterocycles. The van der Waals surface area contributed by atoms with Crippen molar-refractivity contribution < 1.29 is 26.3 Å². The first-order valence-electron chi connectivity index (χ1n) is 9.73. The van der Waals surface area contributed by atoms with Gasteiger partial charge in [0.05, 0.1) is 21.8 Å². The quantitative estimate of drug-likeness (QED) is 0.379. The van der Waals surface area contributed by atoms with E-state index < -0.39 is 21.6 Å². The average molecular weight is 460 g/mol. The van der Waals surface area contributed by atoms with Gasteiger partial charge in [-0.15, -0.1) is 0 Å². The van der Waals surface area contributed by atoms with Gasteiger partial charge in [0, 0.05) is 18.0 Å². The van der Waals surface area contributed by atoms with Crippen molar-refractivity contribution in [2.75, 3.05) is 6.26 Å². The van der Waals surface area contributed by atoms with E-state index in [2.05, 4.69) is 4.98 Å². The van der Waals surface area contributed by atoms with Crippen LogP contribution in [0.4, 0.5) is 13.2 Å². The van der Waals surface area contributed by atoms with Crippen LogP contribution in [0.15, 0.2) is 71.8 Å². The molecule has 0 saturated carbocycles. The van der Waals surface area contributed by atoms with Crippen LogP contribution in [-0.2, 0) is 22.4 Å². The summed E-state index contributed by atoms with van der Waals surface area (Å²) in [5.74, 6) is 0.746. The maximum Gasteiger partial charge on any atom is 0.419 e. The molecule has 0 atom stereocenters. The summed E-state index contributed by atoms with van der Waals surface area (Å²) in [4.78, 5) is 4.39. The van der Waals surface area contributed by atoms with Crippen LogP contribution in [0.1, 0.15) is 18.2 Å². The van der Waals surface area contributed by atoms with Crippen molar-refractivity contribution in [3.8, 4) is 22.8 Å². The van der Waals surface area contributed by atoms with Gasteiger partial charge in [0.15, 0.2) is 9.84 Å².